The molecule has 0 saturated carbocycles. The standard InChI is InChI=1S/C14H6Cl2F3NO2/c15-11-4-8(7-20)5-12(16)13(11)21-9-2-1-3-10(6-9)22-14(17,18)19/h1-6H. The van der Waals surface area contributed by atoms with Crippen molar-refractivity contribution < 1.29 is 22.6 Å². The summed E-state index contributed by atoms with van der Waals surface area (Å²) >= 11 is 11.9. The minimum Gasteiger partial charge on any atom is -0.454 e. The van der Waals surface area contributed by atoms with Gasteiger partial charge in [0.2, 0.25) is 0 Å². The van der Waals surface area contributed by atoms with Gasteiger partial charge in [-0.3, -0.25) is 0 Å². The lowest BCUT2D eigenvalue weighted by Gasteiger charge is -2.12. The number of ether oxygens (including phenoxy) is 2. The Labute approximate surface area is 133 Å². The normalized spacial score (nSPS) is 10.9. The van der Waals surface area contributed by atoms with Crippen molar-refractivity contribution in [2.45, 2.75) is 6.36 Å². The maximum Gasteiger partial charge on any atom is 0.573 e. The molecule has 0 unspecified atom stereocenters. The van der Waals surface area contributed by atoms with Crippen LogP contribution < -0.4 is 9.47 Å². The fraction of sp³-hybridized carbons (Fsp3) is 0.0714. The number of nitrogens with zero attached hydrogens (tertiary/aromatic N) is 1. The summed E-state index contributed by atoms with van der Waals surface area (Å²) in [6, 6.07) is 9.43. The quantitative estimate of drug-likeness (QED) is 0.730. The zero-order valence-electron chi connectivity index (χ0n) is 10.6. The fourth-order valence-electron chi connectivity index (χ4n) is 1.57. The average molecular weight is 348 g/mol. The van der Waals surface area contributed by atoms with Crippen LogP contribution in [0.2, 0.25) is 10.0 Å². The van der Waals surface area contributed by atoms with E-state index in [1.807, 2.05) is 6.07 Å². The summed E-state index contributed by atoms with van der Waals surface area (Å²) in [6.45, 7) is 0. The minimum atomic E-state index is -4.80. The highest BCUT2D eigenvalue weighted by Gasteiger charge is 2.31. The van der Waals surface area contributed by atoms with Crippen molar-refractivity contribution >= 4 is 23.2 Å². The Morgan fingerprint density at radius 2 is 1.59 bits per heavy atom. The van der Waals surface area contributed by atoms with Crippen molar-refractivity contribution in [2.75, 3.05) is 0 Å². The Kier molecular flexibility index (Phi) is 4.69. The van der Waals surface area contributed by atoms with Crippen molar-refractivity contribution in [1.29, 1.82) is 5.26 Å². The molecule has 0 aliphatic rings. The molecule has 0 fully saturated rings. The van der Waals surface area contributed by atoms with Gasteiger partial charge in [0.25, 0.3) is 0 Å². The highest BCUT2D eigenvalue weighted by Crippen LogP contribution is 2.38. The summed E-state index contributed by atoms with van der Waals surface area (Å²) in [5.74, 6) is -0.354. The Bertz CT molecular complexity index is 719. The van der Waals surface area contributed by atoms with Crippen LogP contribution in [-0.2, 0) is 0 Å². The molecular weight excluding hydrogens is 342 g/mol. The van der Waals surface area contributed by atoms with Gasteiger partial charge in [-0.15, -0.1) is 13.2 Å². The van der Waals surface area contributed by atoms with Gasteiger partial charge >= 0.3 is 6.36 Å². The SMILES string of the molecule is N#Cc1cc(Cl)c(Oc2cccc(OC(F)(F)F)c2)c(Cl)c1. The molecule has 0 aromatic heterocycles. The van der Waals surface area contributed by atoms with E-state index in [-0.39, 0.29) is 27.1 Å². The molecule has 0 amide bonds. The molecule has 0 aliphatic carbocycles. The number of alkyl halides is 3. The zero-order chi connectivity index (χ0) is 16.3. The second-order valence-electron chi connectivity index (χ2n) is 4.01. The summed E-state index contributed by atoms with van der Waals surface area (Å²) in [7, 11) is 0. The second kappa shape index (κ2) is 6.34. The predicted molar refractivity (Wildman–Crippen MR) is 74.4 cm³/mol. The van der Waals surface area contributed by atoms with Gasteiger partial charge in [0, 0.05) is 6.07 Å². The molecule has 2 aromatic carbocycles. The van der Waals surface area contributed by atoms with Gasteiger partial charge in [0.05, 0.1) is 21.7 Å². The van der Waals surface area contributed by atoms with E-state index in [1.54, 1.807) is 0 Å². The molecule has 0 atom stereocenters. The first-order valence-electron chi connectivity index (χ1n) is 5.71. The molecule has 0 N–H and O–H groups in total. The molecule has 3 nitrogen and oxygen atoms in total. The van der Waals surface area contributed by atoms with Crippen molar-refractivity contribution in [3.05, 3.63) is 52.0 Å². The topological polar surface area (TPSA) is 42.2 Å². The maximum atomic E-state index is 12.2. The highest BCUT2D eigenvalue weighted by atomic mass is 35.5. The number of nitriles is 1. The van der Waals surface area contributed by atoms with Gasteiger partial charge in [0.1, 0.15) is 11.5 Å². The van der Waals surface area contributed by atoms with Crippen LogP contribution >= 0.6 is 23.2 Å². The molecule has 0 heterocycles. The summed E-state index contributed by atoms with van der Waals surface area (Å²) in [5.41, 5.74) is 0.233. The van der Waals surface area contributed by atoms with E-state index in [9.17, 15) is 13.2 Å². The molecule has 22 heavy (non-hydrogen) atoms. The predicted octanol–water partition coefficient (Wildman–Crippen LogP) is 5.56. The Hall–Kier alpha value is -2.10. The molecule has 0 spiro atoms. The van der Waals surface area contributed by atoms with Gasteiger partial charge in [-0.2, -0.15) is 5.26 Å². The third kappa shape index (κ3) is 4.20. The number of rotatable bonds is 3. The van der Waals surface area contributed by atoms with Crippen LogP contribution in [0.5, 0.6) is 17.2 Å². The van der Waals surface area contributed by atoms with Gasteiger partial charge in [-0.25, -0.2) is 0 Å². The van der Waals surface area contributed by atoms with Crippen molar-refractivity contribution in [3.8, 4) is 23.3 Å². The average Bonchev–Trinajstić information content (AvgIpc) is 2.41. The molecule has 0 bridgehead atoms. The smallest absolute Gasteiger partial charge is 0.454 e. The van der Waals surface area contributed by atoms with Crippen LogP contribution in [0.15, 0.2) is 36.4 Å². The third-order valence-corrected chi connectivity index (χ3v) is 2.95. The number of benzene rings is 2. The Balaban J connectivity index is 2.29. The monoisotopic (exact) mass is 347 g/mol. The molecule has 0 aliphatic heterocycles. The summed E-state index contributed by atoms with van der Waals surface area (Å²) in [6.07, 6.45) is -4.80. The molecular formula is C14H6Cl2F3NO2. The van der Waals surface area contributed by atoms with Gasteiger partial charge in [-0.05, 0) is 24.3 Å². The van der Waals surface area contributed by atoms with E-state index in [0.717, 1.165) is 12.1 Å². The first-order valence-corrected chi connectivity index (χ1v) is 6.47. The van der Waals surface area contributed by atoms with Crippen LogP contribution in [0.1, 0.15) is 5.56 Å². The fourth-order valence-corrected chi connectivity index (χ4v) is 2.14. The molecule has 2 rings (SSSR count). The van der Waals surface area contributed by atoms with Crippen molar-refractivity contribution in [1.82, 2.24) is 0 Å². The van der Waals surface area contributed by atoms with Crippen LogP contribution in [0.25, 0.3) is 0 Å². The van der Waals surface area contributed by atoms with Crippen LogP contribution in [0.4, 0.5) is 13.2 Å². The lowest BCUT2D eigenvalue weighted by molar-refractivity contribution is -0.274. The van der Waals surface area contributed by atoms with E-state index < -0.39 is 12.1 Å². The molecule has 0 saturated heterocycles. The molecule has 2 aromatic rings. The zero-order valence-corrected chi connectivity index (χ0v) is 12.1. The van der Waals surface area contributed by atoms with E-state index in [2.05, 4.69) is 4.74 Å². The lowest BCUT2D eigenvalue weighted by Crippen LogP contribution is -2.17. The van der Waals surface area contributed by atoms with Crippen molar-refractivity contribution in [3.63, 3.8) is 0 Å². The van der Waals surface area contributed by atoms with Crippen LogP contribution in [0.3, 0.4) is 0 Å². The minimum absolute atomic E-state index is 0.0338. The summed E-state index contributed by atoms with van der Waals surface area (Å²) in [5, 5.41) is 8.90. The number of hydrogen-bond donors (Lipinski definition) is 0. The van der Waals surface area contributed by atoms with E-state index in [4.69, 9.17) is 33.2 Å². The van der Waals surface area contributed by atoms with E-state index >= 15 is 0 Å². The lowest BCUT2D eigenvalue weighted by atomic mass is 10.2. The highest BCUT2D eigenvalue weighted by molar-refractivity contribution is 6.37. The van der Waals surface area contributed by atoms with Crippen molar-refractivity contribution in [2.24, 2.45) is 0 Å². The second-order valence-corrected chi connectivity index (χ2v) is 4.82. The summed E-state index contributed by atoms with van der Waals surface area (Å²) in [4.78, 5) is 0. The largest absolute Gasteiger partial charge is 0.573 e. The van der Waals surface area contributed by atoms with Crippen LogP contribution in [0, 0.1) is 11.3 Å². The molecule has 8 heteroatoms. The first-order chi connectivity index (χ1) is 10.3. The number of hydrogen-bond acceptors (Lipinski definition) is 3. The Morgan fingerprint density at radius 1 is 1.00 bits per heavy atom. The van der Waals surface area contributed by atoms with Gasteiger partial charge in [-0.1, -0.05) is 29.3 Å². The molecule has 114 valence electrons. The van der Waals surface area contributed by atoms with Crippen LogP contribution in [-0.4, -0.2) is 6.36 Å². The van der Waals surface area contributed by atoms with Gasteiger partial charge in [0.15, 0.2) is 5.75 Å². The third-order valence-electron chi connectivity index (χ3n) is 2.39. The first kappa shape index (κ1) is 16.3. The Morgan fingerprint density at radius 3 is 2.14 bits per heavy atom. The molecule has 0 radical (unpaired) electrons. The maximum absolute atomic E-state index is 12.2. The van der Waals surface area contributed by atoms with E-state index in [0.29, 0.717) is 0 Å². The summed E-state index contributed by atoms with van der Waals surface area (Å²) < 4.78 is 45.7. The number of halogens is 5. The van der Waals surface area contributed by atoms with E-state index in [1.165, 1.54) is 24.3 Å². The van der Waals surface area contributed by atoms with Gasteiger partial charge < -0.3 is 9.47 Å².